The van der Waals surface area contributed by atoms with Crippen LogP contribution in [0, 0.1) is 27.3 Å². The Bertz CT molecular complexity index is 1690. The molecular weight excluding hydrogens is 354 g/mol. The Morgan fingerprint density at radius 2 is 1.72 bits per heavy atom. The van der Waals surface area contributed by atoms with Crippen LogP contribution in [-0.4, -0.2) is 4.40 Å². The van der Waals surface area contributed by atoms with Gasteiger partial charge in [0, 0.05) is 16.8 Å². The highest BCUT2D eigenvalue weighted by molar-refractivity contribution is 6.26. The van der Waals surface area contributed by atoms with Crippen molar-refractivity contribution in [2.24, 2.45) is 7.05 Å². The van der Waals surface area contributed by atoms with Crippen molar-refractivity contribution in [1.29, 1.82) is 0 Å². The topological polar surface area (TPSA) is 12.7 Å². The lowest BCUT2D eigenvalue weighted by Gasteiger charge is -2.14. The molecule has 0 bridgehead atoms. The third kappa shape index (κ3) is 1.84. The predicted molar refractivity (Wildman–Crippen MR) is 120 cm³/mol. The van der Waals surface area contributed by atoms with E-state index >= 15 is 0 Å². The fourth-order valence-electron chi connectivity index (χ4n) is 5.16. The minimum Gasteiger partial charge on any atom is -0.308 e. The van der Waals surface area contributed by atoms with E-state index in [1.54, 1.807) is 0 Å². The molecule has 0 aliphatic carbocycles. The van der Waals surface area contributed by atoms with Gasteiger partial charge in [-0.05, 0) is 61.0 Å². The number of hydrogen-bond acceptors (Lipinski definition) is 0. The van der Waals surface area contributed by atoms with Crippen molar-refractivity contribution in [3.05, 3.63) is 76.8 Å². The maximum atomic E-state index is 7.64. The molecule has 3 aromatic carbocycles. The van der Waals surface area contributed by atoms with Gasteiger partial charge in [-0.1, -0.05) is 18.2 Å². The van der Waals surface area contributed by atoms with Crippen molar-refractivity contribution in [3.8, 4) is 0 Å². The van der Waals surface area contributed by atoms with Crippen molar-refractivity contribution < 1.29 is 4.57 Å². The zero-order valence-electron chi connectivity index (χ0n) is 17.0. The Morgan fingerprint density at radius 3 is 2.52 bits per heavy atom. The first kappa shape index (κ1) is 16.3. The van der Waals surface area contributed by atoms with Gasteiger partial charge < -0.3 is 4.40 Å². The number of aromatic nitrogens is 2. The van der Waals surface area contributed by atoms with E-state index in [2.05, 4.69) is 84.2 Å². The highest BCUT2D eigenvalue weighted by atomic mass is 15.0. The molecule has 0 saturated heterocycles. The van der Waals surface area contributed by atoms with Crippen LogP contribution in [0.2, 0.25) is 0 Å². The SMILES string of the molecule is [C-]#[N+]c1cc2cc[n+](C)c3c4c(C)c(C)cc5c6cccc(C)c6n(c(c1)c23)c54. The summed E-state index contributed by atoms with van der Waals surface area (Å²) in [6, 6.07) is 15.1. The van der Waals surface area contributed by atoms with Crippen molar-refractivity contribution in [1.82, 2.24) is 4.40 Å². The molecule has 3 aromatic heterocycles. The van der Waals surface area contributed by atoms with Crippen LogP contribution in [0.3, 0.4) is 0 Å². The molecule has 3 heteroatoms. The molecule has 29 heavy (non-hydrogen) atoms. The first-order valence-electron chi connectivity index (χ1n) is 9.90. The maximum absolute atomic E-state index is 7.64. The summed E-state index contributed by atoms with van der Waals surface area (Å²) in [6.07, 6.45) is 2.12. The molecule has 6 aromatic rings. The van der Waals surface area contributed by atoms with Crippen LogP contribution in [-0.2, 0) is 7.05 Å². The van der Waals surface area contributed by atoms with Crippen LogP contribution in [0.1, 0.15) is 16.7 Å². The summed E-state index contributed by atoms with van der Waals surface area (Å²) in [5.41, 5.74) is 9.43. The van der Waals surface area contributed by atoms with Gasteiger partial charge in [-0.2, -0.15) is 0 Å². The van der Waals surface area contributed by atoms with Crippen LogP contribution in [0.4, 0.5) is 5.69 Å². The summed E-state index contributed by atoms with van der Waals surface area (Å²) in [5, 5.41) is 6.23. The van der Waals surface area contributed by atoms with Gasteiger partial charge >= 0.3 is 0 Å². The Hall–Kier alpha value is -3.64. The number of pyridine rings is 2. The first-order valence-corrected chi connectivity index (χ1v) is 9.90. The molecule has 3 nitrogen and oxygen atoms in total. The van der Waals surface area contributed by atoms with Crippen LogP contribution in [0.15, 0.2) is 48.7 Å². The van der Waals surface area contributed by atoms with E-state index in [1.807, 2.05) is 6.07 Å². The molecule has 138 valence electrons. The molecule has 0 spiro atoms. The van der Waals surface area contributed by atoms with Crippen LogP contribution in [0.5, 0.6) is 0 Å². The van der Waals surface area contributed by atoms with Gasteiger partial charge in [0.2, 0.25) is 5.52 Å². The third-order valence-corrected chi connectivity index (χ3v) is 6.60. The number of aryl methyl sites for hydroxylation is 4. The van der Waals surface area contributed by atoms with E-state index in [-0.39, 0.29) is 0 Å². The normalized spacial score (nSPS) is 12.1. The Kier molecular flexibility index (Phi) is 2.95. The Morgan fingerprint density at radius 1 is 0.897 bits per heavy atom. The first-order chi connectivity index (χ1) is 14.0. The lowest BCUT2D eigenvalue weighted by molar-refractivity contribution is -0.643. The van der Waals surface area contributed by atoms with Gasteiger partial charge in [-0.15, -0.1) is 0 Å². The smallest absolute Gasteiger partial charge is 0.224 e. The average Bonchev–Trinajstić information content (AvgIpc) is 3.05. The molecule has 3 heterocycles. The van der Waals surface area contributed by atoms with Crippen molar-refractivity contribution in [3.63, 3.8) is 0 Å². The molecule has 0 radical (unpaired) electrons. The molecule has 0 N–H and O–H groups in total. The van der Waals surface area contributed by atoms with E-state index in [0.29, 0.717) is 5.69 Å². The second-order valence-corrected chi connectivity index (χ2v) is 8.21. The van der Waals surface area contributed by atoms with Crippen LogP contribution in [0.25, 0.3) is 53.8 Å². The number of hydrogen-bond donors (Lipinski definition) is 0. The number of rotatable bonds is 0. The summed E-state index contributed by atoms with van der Waals surface area (Å²) in [7, 11) is 2.12. The van der Waals surface area contributed by atoms with E-state index in [0.717, 1.165) is 10.9 Å². The fraction of sp³-hybridized carbons (Fsp3) is 0.154. The molecule has 0 aliphatic rings. The standard InChI is InChI=1S/C26H20N3/c1-14-7-6-8-19-20-11-15(2)16(3)22-25(20)29(24(14)19)21-13-18(27-4)12-17-9-10-28(5)26(22)23(17)21/h6-13H,1-3,5H3/q+1. The highest BCUT2D eigenvalue weighted by Crippen LogP contribution is 2.43. The summed E-state index contributed by atoms with van der Waals surface area (Å²) in [6.45, 7) is 14.3. The minimum absolute atomic E-state index is 0.683. The van der Waals surface area contributed by atoms with E-state index in [1.165, 1.54) is 54.8 Å². The summed E-state index contributed by atoms with van der Waals surface area (Å²) >= 11 is 0. The molecule has 0 fully saturated rings. The van der Waals surface area contributed by atoms with E-state index in [9.17, 15) is 0 Å². The van der Waals surface area contributed by atoms with Crippen LogP contribution < -0.4 is 4.57 Å². The van der Waals surface area contributed by atoms with Gasteiger partial charge in [0.05, 0.1) is 33.9 Å². The second kappa shape index (κ2) is 5.24. The van der Waals surface area contributed by atoms with Crippen LogP contribution >= 0.6 is 0 Å². The second-order valence-electron chi connectivity index (χ2n) is 8.21. The third-order valence-electron chi connectivity index (χ3n) is 6.60. The molecule has 0 unspecified atom stereocenters. The fourth-order valence-corrected chi connectivity index (χ4v) is 5.16. The number of fused-ring (bicyclic) bond motifs is 5. The molecule has 0 atom stereocenters. The van der Waals surface area contributed by atoms with Gasteiger partial charge in [-0.25, -0.2) is 9.41 Å². The zero-order valence-corrected chi connectivity index (χ0v) is 17.0. The maximum Gasteiger partial charge on any atom is 0.224 e. The van der Waals surface area contributed by atoms with Crippen molar-refractivity contribution in [2.75, 3.05) is 0 Å². The summed E-state index contributed by atoms with van der Waals surface area (Å²) < 4.78 is 4.64. The van der Waals surface area contributed by atoms with Gasteiger partial charge in [-0.3, -0.25) is 0 Å². The lowest BCUT2D eigenvalue weighted by Crippen LogP contribution is -2.29. The molecule has 6 rings (SSSR count). The van der Waals surface area contributed by atoms with Crippen molar-refractivity contribution >= 4 is 54.7 Å². The quantitative estimate of drug-likeness (QED) is 0.128. The summed E-state index contributed by atoms with van der Waals surface area (Å²) in [5.74, 6) is 0. The highest BCUT2D eigenvalue weighted by Gasteiger charge is 2.25. The lowest BCUT2D eigenvalue weighted by atomic mass is 9.96. The van der Waals surface area contributed by atoms with Gasteiger partial charge in [0.1, 0.15) is 7.05 Å². The Labute approximate surface area is 168 Å². The van der Waals surface area contributed by atoms with E-state index < -0.39 is 0 Å². The number of benzene rings is 3. The molecule has 0 amide bonds. The Balaban J connectivity index is 2.17. The van der Waals surface area contributed by atoms with Gasteiger partial charge in [0.15, 0.2) is 11.9 Å². The predicted octanol–water partition coefficient (Wildman–Crippen LogP) is 6.29. The zero-order chi connectivity index (χ0) is 20.0. The van der Waals surface area contributed by atoms with Crippen molar-refractivity contribution in [2.45, 2.75) is 20.8 Å². The molecular formula is C26H20N3+. The minimum atomic E-state index is 0.683. The summed E-state index contributed by atoms with van der Waals surface area (Å²) in [4.78, 5) is 3.77. The number of para-hydroxylation sites is 1. The molecule has 0 aliphatic heterocycles. The van der Waals surface area contributed by atoms with Gasteiger partial charge in [0.25, 0.3) is 0 Å². The largest absolute Gasteiger partial charge is 0.308 e. The van der Waals surface area contributed by atoms with E-state index in [4.69, 9.17) is 6.57 Å². The number of nitrogens with zero attached hydrogens (tertiary/aromatic N) is 3. The molecule has 0 saturated carbocycles. The average molecular weight is 374 g/mol. The monoisotopic (exact) mass is 374 g/mol.